The van der Waals surface area contributed by atoms with E-state index in [4.69, 9.17) is 4.42 Å². The van der Waals surface area contributed by atoms with Gasteiger partial charge in [0.05, 0.1) is 5.92 Å². The van der Waals surface area contributed by atoms with E-state index in [1.807, 2.05) is 67.6 Å². The summed E-state index contributed by atoms with van der Waals surface area (Å²) in [5.74, 6) is -1.23. The minimum Gasteiger partial charge on any atom is -0.508 e. The van der Waals surface area contributed by atoms with Crippen molar-refractivity contribution in [3.8, 4) is 28.5 Å². The molecule has 0 aliphatic heterocycles. The summed E-state index contributed by atoms with van der Waals surface area (Å²) in [6, 6.07) is 22.6. The Kier molecular flexibility index (Phi) is 6.31. The van der Waals surface area contributed by atoms with Crippen LogP contribution in [0.1, 0.15) is 31.2 Å². The zero-order valence-electron chi connectivity index (χ0n) is 17.6. The van der Waals surface area contributed by atoms with Gasteiger partial charge < -0.3 is 9.52 Å². The van der Waals surface area contributed by atoms with Crippen molar-refractivity contribution in [3.05, 3.63) is 90.2 Å². The van der Waals surface area contributed by atoms with E-state index < -0.39 is 11.7 Å². The quantitative estimate of drug-likeness (QED) is 0.357. The first kappa shape index (κ1) is 21.3. The van der Waals surface area contributed by atoms with Crippen molar-refractivity contribution in [2.45, 2.75) is 25.7 Å². The molecule has 1 amide bonds. The van der Waals surface area contributed by atoms with E-state index in [1.54, 1.807) is 0 Å². The number of carbonyl (C=O) groups excluding carboxylic acids is 1. The van der Waals surface area contributed by atoms with Gasteiger partial charge in [0.25, 0.3) is 0 Å². The van der Waals surface area contributed by atoms with Gasteiger partial charge in [-0.05, 0) is 24.6 Å². The highest BCUT2D eigenvalue weighted by atomic mass is 19.1. The molecule has 4 rings (SSSR count). The summed E-state index contributed by atoms with van der Waals surface area (Å²) in [4.78, 5) is 17.9. The lowest BCUT2D eigenvalue weighted by Crippen LogP contribution is -2.21. The Labute approximate surface area is 185 Å². The van der Waals surface area contributed by atoms with Crippen LogP contribution in [0.3, 0.4) is 0 Å². The van der Waals surface area contributed by atoms with Crippen LogP contribution in [-0.2, 0) is 4.79 Å². The Hall–Kier alpha value is -3.93. The highest BCUT2D eigenvalue weighted by molar-refractivity contribution is 5.97. The SMILES string of the molecule is CCCC(C(=O)Nc1oc(-c2ccccc2)nc1-c1ccccc1)c1ccc(F)cc1O. The van der Waals surface area contributed by atoms with E-state index in [0.29, 0.717) is 30.0 Å². The first-order valence-corrected chi connectivity index (χ1v) is 10.5. The lowest BCUT2D eigenvalue weighted by molar-refractivity contribution is -0.117. The van der Waals surface area contributed by atoms with Crippen molar-refractivity contribution in [1.29, 1.82) is 0 Å². The zero-order valence-corrected chi connectivity index (χ0v) is 17.6. The number of aromatic hydroxyl groups is 1. The molecule has 6 heteroatoms. The Morgan fingerprint density at radius 2 is 1.69 bits per heavy atom. The van der Waals surface area contributed by atoms with Gasteiger partial charge in [-0.1, -0.05) is 67.9 Å². The van der Waals surface area contributed by atoms with Crippen molar-refractivity contribution in [1.82, 2.24) is 4.98 Å². The number of amides is 1. The van der Waals surface area contributed by atoms with Gasteiger partial charge >= 0.3 is 0 Å². The molecule has 1 atom stereocenters. The van der Waals surface area contributed by atoms with E-state index in [9.17, 15) is 14.3 Å². The van der Waals surface area contributed by atoms with Crippen molar-refractivity contribution < 1.29 is 18.7 Å². The fourth-order valence-corrected chi connectivity index (χ4v) is 3.63. The van der Waals surface area contributed by atoms with Crippen LogP contribution < -0.4 is 5.32 Å². The molecule has 0 saturated carbocycles. The van der Waals surface area contributed by atoms with Crippen LogP contribution in [0, 0.1) is 5.82 Å². The van der Waals surface area contributed by atoms with Gasteiger partial charge in [0.2, 0.25) is 17.7 Å². The summed E-state index contributed by atoms with van der Waals surface area (Å²) in [5.41, 5.74) is 2.46. The molecular weight excluding hydrogens is 407 g/mol. The lowest BCUT2D eigenvalue weighted by Gasteiger charge is -2.17. The molecule has 1 unspecified atom stereocenters. The summed E-state index contributed by atoms with van der Waals surface area (Å²) in [6.45, 7) is 1.94. The molecule has 32 heavy (non-hydrogen) atoms. The molecule has 0 saturated heterocycles. The number of rotatable bonds is 7. The van der Waals surface area contributed by atoms with Gasteiger partial charge in [-0.3, -0.25) is 10.1 Å². The number of hydrogen-bond acceptors (Lipinski definition) is 4. The monoisotopic (exact) mass is 430 g/mol. The standard InChI is InChI=1S/C26H23FN2O3/c1-2-9-21(20-15-14-19(27)16-22(20)30)24(31)29-26-23(17-10-5-3-6-11-17)28-25(32-26)18-12-7-4-8-13-18/h3-8,10-16,21,30H,2,9H2,1H3,(H,29,31). The summed E-state index contributed by atoms with van der Waals surface area (Å²) in [5, 5.41) is 13.1. The van der Waals surface area contributed by atoms with Crippen molar-refractivity contribution in [2.75, 3.05) is 5.32 Å². The van der Waals surface area contributed by atoms with Crippen LogP contribution in [0.25, 0.3) is 22.7 Å². The van der Waals surface area contributed by atoms with E-state index in [0.717, 1.165) is 17.2 Å². The van der Waals surface area contributed by atoms with E-state index >= 15 is 0 Å². The summed E-state index contributed by atoms with van der Waals surface area (Å²) in [7, 11) is 0. The number of halogens is 1. The number of anilines is 1. The van der Waals surface area contributed by atoms with Gasteiger partial charge in [-0.25, -0.2) is 9.37 Å². The number of hydrogen-bond donors (Lipinski definition) is 2. The van der Waals surface area contributed by atoms with E-state index in [1.165, 1.54) is 12.1 Å². The number of carbonyl (C=O) groups is 1. The second kappa shape index (κ2) is 9.47. The van der Waals surface area contributed by atoms with Crippen LogP contribution in [0.5, 0.6) is 5.75 Å². The lowest BCUT2D eigenvalue weighted by atomic mass is 9.92. The second-order valence-electron chi connectivity index (χ2n) is 7.46. The molecule has 0 radical (unpaired) electrons. The van der Waals surface area contributed by atoms with Gasteiger partial charge in [-0.15, -0.1) is 0 Å². The Bertz CT molecular complexity index is 1210. The van der Waals surface area contributed by atoms with E-state index in [-0.39, 0.29) is 17.5 Å². The Morgan fingerprint density at radius 3 is 2.31 bits per heavy atom. The minimum absolute atomic E-state index is 0.225. The maximum atomic E-state index is 13.5. The second-order valence-corrected chi connectivity index (χ2v) is 7.46. The number of aromatic nitrogens is 1. The smallest absolute Gasteiger partial charge is 0.234 e. The predicted octanol–water partition coefficient (Wildman–Crippen LogP) is 6.38. The number of benzene rings is 3. The normalized spacial score (nSPS) is 11.8. The average Bonchev–Trinajstić information content (AvgIpc) is 3.23. The number of phenolic OH excluding ortho intramolecular Hbond substituents is 1. The predicted molar refractivity (Wildman–Crippen MR) is 122 cm³/mol. The number of phenols is 1. The molecule has 0 aliphatic carbocycles. The minimum atomic E-state index is -0.672. The third-order valence-electron chi connectivity index (χ3n) is 5.19. The fraction of sp³-hybridized carbons (Fsp3) is 0.154. The van der Waals surface area contributed by atoms with Crippen molar-refractivity contribution in [2.24, 2.45) is 0 Å². The van der Waals surface area contributed by atoms with Gasteiger partial charge in [0.15, 0.2) is 0 Å². The fourth-order valence-electron chi connectivity index (χ4n) is 3.63. The summed E-state index contributed by atoms with van der Waals surface area (Å²) < 4.78 is 19.4. The van der Waals surface area contributed by atoms with E-state index in [2.05, 4.69) is 10.3 Å². The molecule has 2 N–H and O–H groups in total. The van der Waals surface area contributed by atoms with Crippen molar-refractivity contribution >= 4 is 11.8 Å². The summed E-state index contributed by atoms with van der Waals surface area (Å²) in [6.07, 6.45) is 1.18. The molecule has 1 aromatic heterocycles. The highest BCUT2D eigenvalue weighted by Gasteiger charge is 2.26. The molecule has 162 valence electrons. The van der Waals surface area contributed by atoms with Gasteiger partial charge in [-0.2, -0.15) is 0 Å². The third kappa shape index (κ3) is 4.54. The number of nitrogens with zero attached hydrogens (tertiary/aromatic N) is 1. The van der Waals surface area contributed by atoms with Crippen LogP contribution in [0.15, 0.2) is 83.3 Å². The molecule has 4 aromatic rings. The van der Waals surface area contributed by atoms with Crippen LogP contribution in [-0.4, -0.2) is 16.0 Å². The first-order valence-electron chi connectivity index (χ1n) is 10.5. The number of oxazole rings is 1. The molecule has 5 nitrogen and oxygen atoms in total. The first-order chi connectivity index (χ1) is 15.6. The molecule has 1 heterocycles. The molecule has 3 aromatic carbocycles. The largest absolute Gasteiger partial charge is 0.508 e. The highest BCUT2D eigenvalue weighted by Crippen LogP contribution is 2.35. The molecule has 0 aliphatic rings. The van der Waals surface area contributed by atoms with Gasteiger partial charge in [0, 0.05) is 22.8 Å². The third-order valence-corrected chi connectivity index (χ3v) is 5.19. The van der Waals surface area contributed by atoms with Crippen molar-refractivity contribution in [3.63, 3.8) is 0 Å². The molecule has 0 bridgehead atoms. The maximum absolute atomic E-state index is 13.5. The van der Waals surface area contributed by atoms with Crippen LogP contribution in [0.4, 0.5) is 10.3 Å². The molecule has 0 spiro atoms. The Morgan fingerprint density at radius 1 is 1.03 bits per heavy atom. The van der Waals surface area contributed by atoms with Crippen LogP contribution >= 0.6 is 0 Å². The molecular formula is C26H23FN2O3. The Balaban J connectivity index is 1.71. The topological polar surface area (TPSA) is 75.4 Å². The number of nitrogens with one attached hydrogen (secondary N) is 1. The van der Waals surface area contributed by atoms with Crippen LogP contribution in [0.2, 0.25) is 0 Å². The molecule has 0 fully saturated rings. The summed E-state index contributed by atoms with van der Waals surface area (Å²) >= 11 is 0. The zero-order chi connectivity index (χ0) is 22.5. The van der Waals surface area contributed by atoms with Gasteiger partial charge in [0.1, 0.15) is 17.3 Å². The average molecular weight is 430 g/mol. The maximum Gasteiger partial charge on any atom is 0.234 e.